The Hall–Kier alpha value is -0.260. The summed E-state index contributed by atoms with van der Waals surface area (Å²) in [5.41, 5.74) is 0. The first kappa shape index (κ1) is 12.7. The van der Waals surface area contributed by atoms with Crippen molar-refractivity contribution in [2.75, 3.05) is 31.7 Å². The molecule has 5 heteroatoms. The molecule has 0 aromatic rings. The summed E-state index contributed by atoms with van der Waals surface area (Å²) in [5.74, 6) is 0.818. The summed E-state index contributed by atoms with van der Waals surface area (Å²) in [6.45, 7) is 2.36. The molecule has 4 nitrogen and oxygen atoms in total. The molecule has 0 fully saturated rings. The Morgan fingerprint density at radius 1 is 1.62 bits per heavy atom. The zero-order valence-corrected chi connectivity index (χ0v) is 8.88. The molecular formula is C8H17NO3S. The van der Waals surface area contributed by atoms with E-state index in [0.717, 1.165) is 0 Å². The highest BCUT2D eigenvalue weighted by Crippen LogP contribution is 2.03. The fourth-order valence-electron chi connectivity index (χ4n) is 0.622. The SMILES string of the molecule is CCN(C)C(=O)CSCC(O)CO. The van der Waals surface area contributed by atoms with E-state index in [2.05, 4.69) is 0 Å². The normalized spacial score (nSPS) is 12.6. The number of amides is 1. The van der Waals surface area contributed by atoms with Crippen molar-refractivity contribution in [3.63, 3.8) is 0 Å². The fraction of sp³-hybridized carbons (Fsp3) is 0.875. The van der Waals surface area contributed by atoms with Crippen LogP contribution in [0.15, 0.2) is 0 Å². The number of carbonyl (C=O) groups is 1. The van der Waals surface area contributed by atoms with E-state index in [1.54, 1.807) is 11.9 Å². The lowest BCUT2D eigenvalue weighted by atomic mass is 10.4. The highest BCUT2D eigenvalue weighted by molar-refractivity contribution is 7.99. The first-order chi connectivity index (χ1) is 6.11. The lowest BCUT2D eigenvalue weighted by Gasteiger charge is -2.14. The van der Waals surface area contributed by atoms with Crippen LogP contribution in [0.1, 0.15) is 6.92 Å². The van der Waals surface area contributed by atoms with Crippen LogP contribution in [0.3, 0.4) is 0 Å². The molecule has 0 heterocycles. The van der Waals surface area contributed by atoms with Crippen molar-refractivity contribution in [3.05, 3.63) is 0 Å². The molecule has 0 aromatic carbocycles. The average Bonchev–Trinajstić information content (AvgIpc) is 2.15. The molecule has 0 aliphatic rings. The topological polar surface area (TPSA) is 60.8 Å². The molecule has 0 saturated heterocycles. The highest BCUT2D eigenvalue weighted by atomic mass is 32.2. The van der Waals surface area contributed by atoms with Crippen LogP contribution < -0.4 is 0 Å². The molecular weight excluding hydrogens is 190 g/mol. The van der Waals surface area contributed by atoms with Crippen LogP contribution in [0, 0.1) is 0 Å². The summed E-state index contributed by atoms with van der Waals surface area (Å²) >= 11 is 1.34. The van der Waals surface area contributed by atoms with Crippen molar-refractivity contribution >= 4 is 17.7 Å². The number of thioether (sulfide) groups is 1. The monoisotopic (exact) mass is 207 g/mol. The van der Waals surface area contributed by atoms with Gasteiger partial charge in [-0.15, -0.1) is 11.8 Å². The zero-order chi connectivity index (χ0) is 10.3. The van der Waals surface area contributed by atoms with E-state index in [4.69, 9.17) is 10.2 Å². The van der Waals surface area contributed by atoms with Gasteiger partial charge in [0.2, 0.25) is 5.91 Å². The van der Waals surface area contributed by atoms with Gasteiger partial charge in [0.25, 0.3) is 0 Å². The average molecular weight is 207 g/mol. The Balaban J connectivity index is 3.47. The van der Waals surface area contributed by atoms with E-state index in [1.807, 2.05) is 6.92 Å². The van der Waals surface area contributed by atoms with Crippen molar-refractivity contribution in [3.8, 4) is 0 Å². The second-order valence-corrected chi connectivity index (χ2v) is 3.79. The smallest absolute Gasteiger partial charge is 0.232 e. The lowest BCUT2D eigenvalue weighted by Crippen LogP contribution is -2.28. The molecule has 0 bridgehead atoms. The number of carbonyl (C=O) groups excluding carboxylic acids is 1. The molecule has 78 valence electrons. The fourth-order valence-corrected chi connectivity index (χ4v) is 1.51. The molecule has 2 N–H and O–H groups in total. The van der Waals surface area contributed by atoms with Gasteiger partial charge < -0.3 is 15.1 Å². The minimum Gasteiger partial charge on any atom is -0.394 e. The molecule has 0 aromatic heterocycles. The molecule has 0 radical (unpaired) electrons. The Kier molecular flexibility index (Phi) is 7.03. The Morgan fingerprint density at radius 3 is 2.69 bits per heavy atom. The summed E-state index contributed by atoms with van der Waals surface area (Å²) in [6, 6.07) is 0. The molecule has 0 aliphatic carbocycles. The van der Waals surface area contributed by atoms with Crippen LogP contribution in [0.4, 0.5) is 0 Å². The quantitative estimate of drug-likeness (QED) is 0.619. The predicted molar refractivity (Wildman–Crippen MR) is 53.7 cm³/mol. The Morgan fingerprint density at radius 2 is 2.23 bits per heavy atom. The standard InChI is InChI=1S/C8H17NO3S/c1-3-9(2)8(12)6-13-5-7(11)4-10/h7,10-11H,3-6H2,1-2H3. The minimum atomic E-state index is -0.718. The van der Waals surface area contributed by atoms with E-state index in [1.165, 1.54) is 11.8 Å². The molecule has 0 rings (SSSR count). The van der Waals surface area contributed by atoms with Crippen LogP contribution >= 0.6 is 11.8 Å². The number of aliphatic hydroxyl groups is 2. The van der Waals surface area contributed by atoms with Gasteiger partial charge in [0.05, 0.1) is 18.5 Å². The van der Waals surface area contributed by atoms with Crippen molar-refractivity contribution in [2.45, 2.75) is 13.0 Å². The molecule has 1 amide bonds. The summed E-state index contributed by atoms with van der Waals surface area (Å²) in [5, 5.41) is 17.5. The first-order valence-electron chi connectivity index (χ1n) is 4.22. The number of rotatable bonds is 6. The van der Waals surface area contributed by atoms with E-state index in [-0.39, 0.29) is 12.5 Å². The number of hydrogen-bond donors (Lipinski definition) is 2. The third-order valence-corrected chi connectivity index (χ3v) is 2.72. The molecule has 1 unspecified atom stereocenters. The van der Waals surface area contributed by atoms with Crippen LogP contribution in [0.2, 0.25) is 0 Å². The number of nitrogens with zero attached hydrogens (tertiary/aromatic N) is 1. The van der Waals surface area contributed by atoms with Crippen LogP contribution in [-0.4, -0.2) is 58.8 Å². The van der Waals surface area contributed by atoms with Gasteiger partial charge in [0.1, 0.15) is 0 Å². The molecule has 13 heavy (non-hydrogen) atoms. The third kappa shape index (κ3) is 5.90. The highest BCUT2D eigenvalue weighted by Gasteiger charge is 2.08. The van der Waals surface area contributed by atoms with E-state index in [0.29, 0.717) is 18.1 Å². The van der Waals surface area contributed by atoms with E-state index >= 15 is 0 Å². The maximum atomic E-state index is 11.2. The number of aliphatic hydroxyl groups excluding tert-OH is 2. The van der Waals surface area contributed by atoms with Gasteiger partial charge in [-0.05, 0) is 6.92 Å². The van der Waals surface area contributed by atoms with Crippen LogP contribution in [0.5, 0.6) is 0 Å². The summed E-state index contributed by atoms with van der Waals surface area (Å²) in [4.78, 5) is 12.8. The first-order valence-corrected chi connectivity index (χ1v) is 5.37. The molecule has 0 spiro atoms. The second-order valence-electron chi connectivity index (χ2n) is 2.76. The van der Waals surface area contributed by atoms with Crippen molar-refractivity contribution in [2.24, 2.45) is 0 Å². The van der Waals surface area contributed by atoms with Crippen LogP contribution in [0.25, 0.3) is 0 Å². The Bertz CT molecular complexity index is 154. The van der Waals surface area contributed by atoms with Crippen LogP contribution in [-0.2, 0) is 4.79 Å². The molecule has 0 aliphatic heterocycles. The van der Waals surface area contributed by atoms with Gasteiger partial charge in [-0.25, -0.2) is 0 Å². The largest absolute Gasteiger partial charge is 0.394 e. The third-order valence-electron chi connectivity index (χ3n) is 1.65. The molecule has 1 atom stereocenters. The summed E-state index contributed by atoms with van der Waals surface area (Å²) in [6.07, 6.45) is -0.718. The maximum Gasteiger partial charge on any atom is 0.232 e. The Labute approximate surface area is 82.9 Å². The van der Waals surface area contributed by atoms with Crippen molar-refractivity contribution in [1.29, 1.82) is 0 Å². The minimum absolute atomic E-state index is 0.0534. The van der Waals surface area contributed by atoms with Gasteiger partial charge in [-0.1, -0.05) is 0 Å². The van der Waals surface area contributed by atoms with Gasteiger partial charge in [0.15, 0.2) is 0 Å². The zero-order valence-electron chi connectivity index (χ0n) is 8.06. The van der Waals surface area contributed by atoms with Gasteiger partial charge in [-0.2, -0.15) is 0 Å². The second kappa shape index (κ2) is 7.17. The van der Waals surface area contributed by atoms with Gasteiger partial charge >= 0.3 is 0 Å². The van der Waals surface area contributed by atoms with E-state index in [9.17, 15) is 4.79 Å². The van der Waals surface area contributed by atoms with E-state index < -0.39 is 6.10 Å². The van der Waals surface area contributed by atoms with Gasteiger partial charge in [-0.3, -0.25) is 4.79 Å². The number of hydrogen-bond acceptors (Lipinski definition) is 4. The maximum absolute atomic E-state index is 11.2. The molecule has 0 saturated carbocycles. The van der Waals surface area contributed by atoms with Crippen molar-refractivity contribution < 1.29 is 15.0 Å². The van der Waals surface area contributed by atoms with Crippen molar-refractivity contribution in [1.82, 2.24) is 4.90 Å². The lowest BCUT2D eigenvalue weighted by molar-refractivity contribution is -0.126. The van der Waals surface area contributed by atoms with Gasteiger partial charge in [0, 0.05) is 19.3 Å². The predicted octanol–water partition coefficient (Wildman–Crippen LogP) is -0.449. The summed E-state index contributed by atoms with van der Waals surface area (Å²) < 4.78 is 0. The summed E-state index contributed by atoms with van der Waals surface area (Å²) in [7, 11) is 1.74.